The van der Waals surface area contributed by atoms with Crippen LogP contribution < -0.4 is 16.9 Å². The molecule has 0 saturated carbocycles. The minimum atomic E-state index is -1.40. The van der Waals surface area contributed by atoms with Crippen molar-refractivity contribution in [3.63, 3.8) is 0 Å². The Morgan fingerprint density at radius 3 is 2.50 bits per heavy atom. The number of nitrogens with zero attached hydrogens (tertiary/aromatic N) is 2. The summed E-state index contributed by atoms with van der Waals surface area (Å²) in [4.78, 5) is 38.2. The van der Waals surface area contributed by atoms with Crippen LogP contribution in [0, 0.1) is 0 Å². The molecule has 0 radical (unpaired) electrons. The van der Waals surface area contributed by atoms with Crippen LogP contribution >= 0.6 is 0 Å². The SMILES string of the molecule is Nc1ccn([C@@H]2O[C@H](COC(=O)CCCCCCCC(=O)NO)[C@@H](O)[C@@H]2O)c(=O)n1. The van der Waals surface area contributed by atoms with Crippen molar-refractivity contribution >= 4 is 17.7 Å². The van der Waals surface area contributed by atoms with E-state index in [0.29, 0.717) is 12.8 Å². The largest absolute Gasteiger partial charge is 0.463 e. The van der Waals surface area contributed by atoms with Gasteiger partial charge in [0.15, 0.2) is 6.23 Å². The summed E-state index contributed by atoms with van der Waals surface area (Å²) < 4.78 is 11.6. The third kappa shape index (κ3) is 6.76. The van der Waals surface area contributed by atoms with Crippen molar-refractivity contribution < 1.29 is 34.5 Å². The van der Waals surface area contributed by atoms with Gasteiger partial charge in [-0.1, -0.05) is 19.3 Å². The average molecular weight is 428 g/mol. The monoisotopic (exact) mass is 428 g/mol. The van der Waals surface area contributed by atoms with E-state index in [1.165, 1.54) is 12.3 Å². The molecule has 0 spiro atoms. The van der Waals surface area contributed by atoms with Crippen molar-refractivity contribution in [3.05, 3.63) is 22.7 Å². The molecule has 6 N–H and O–H groups in total. The van der Waals surface area contributed by atoms with Crippen LogP contribution in [-0.2, 0) is 19.1 Å². The number of carbonyl (C=O) groups excluding carboxylic acids is 2. The molecular weight excluding hydrogens is 400 g/mol. The van der Waals surface area contributed by atoms with Crippen LogP contribution in [0.3, 0.4) is 0 Å². The zero-order chi connectivity index (χ0) is 22.1. The van der Waals surface area contributed by atoms with Crippen LogP contribution in [0.15, 0.2) is 17.1 Å². The Kier molecular flexibility index (Phi) is 9.17. The number of esters is 1. The lowest BCUT2D eigenvalue weighted by molar-refractivity contribution is -0.150. The van der Waals surface area contributed by atoms with Crippen LogP contribution in [0.25, 0.3) is 0 Å². The fourth-order valence-electron chi connectivity index (χ4n) is 3.10. The second-order valence-electron chi connectivity index (χ2n) is 7.07. The quantitative estimate of drug-likeness (QED) is 0.130. The van der Waals surface area contributed by atoms with Crippen molar-refractivity contribution in [2.24, 2.45) is 0 Å². The van der Waals surface area contributed by atoms with E-state index >= 15 is 0 Å². The first-order chi connectivity index (χ1) is 14.3. The number of carbonyl (C=O) groups is 2. The zero-order valence-corrected chi connectivity index (χ0v) is 16.5. The van der Waals surface area contributed by atoms with Gasteiger partial charge in [-0.3, -0.25) is 19.4 Å². The lowest BCUT2D eigenvalue weighted by atomic mass is 10.1. The molecule has 1 aromatic rings. The molecular formula is C18H28N4O8. The Hall–Kier alpha value is -2.54. The average Bonchev–Trinajstić information content (AvgIpc) is 2.99. The lowest BCUT2D eigenvalue weighted by Crippen LogP contribution is -2.36. The number of amides is 1. The highest BCUT2D eigenvalue weighted by molar-refractivity contribution is 5.74. The fraction of sp³-hybridized carbons (Fsp3) is 0.667. The van der Waals surface area contributed by atoms with Crippen molar-refractivity contribution in [1.29, 1.82) is 0 Å². The van der Waals surface area contributed by atoms with Gasteiger partial charge >= 0.3 is 11.7 Å². The van der Waals surface area contributed by atoms with Gasteiger partial charge in [-0.05, 0) is 18.9 Å². The number of rotatable bonds is 11. The molecule has 12 nitrogen and oxygen atoms in total. The van der Waals surface area contributed by atoms with Crippen molar-refractivity contribution in [1.82, 2.24) is 15.0 Å². The maximum absolute atomic E-state index is 11.9. The molecule has 1 fully saturated rings. The Morgan fingerprint density at radius 1 is 1.17 bits per heavy atom. The molecule has 0 bridgehead atoms. The van der Waals surface area contributed by atoms with Gasteiger partial charge < -0.3 is 25.4 Å². The van der Waals surface area contributed by atoms with E-state index < -0.39 is 42.1 Å². The topological polar surface area (TPSA) is 186 Å². The minimum Gasteiger partial charge on any atom is -0.463 e. The van der Waals surface area contributed by atoms with E-state index in [1.54, 1.807) is 5.48 Å². The molecule has 1 aromatic heterocycles. The highest BCUT2D eigenvalue weighted by Gasteiger charge is 2.44. The number of aromatic nitrogens is 2. The van der Waals surface area contributed by atoms with Crippen LogP contribution in [0.1, 0.15) is 51.2 Å². The maximum Gasteiger partial charge on any atom is 0.351 e. The summed E-state index contributed by atoms with van der Waals surface area (Å²) in [6, 6.07) is 1.36. The molecule has 168 valence electrons. The van der Waals surface area contributed by atoms with Gasteiger partial charge in [0, 0.05) is 19.0 Å². The third-order valence-corrected chi connectivity index (χ3v) is 4.78. The summed E-state index contributed by atoms with van der Waals surface area (Å²) in [5.41, 5.74) is 6.27. The van der Waals surface area contributed by atoms with Crippen molar-refractivity contribution in [3.8, 4) is 0 Å². The van der Waals surface area contributed by atoms with Gasteiger partial charge in [-0.2, -0.15) is 4.98 Å². The van der Waals surface area contributed by atoms with Gasteiger partial charge in [0.2, 0.25) is 5.91 Å². The van der Waals surface area contributed by atoms with Gasteiger partial charge in [-0.25, -0.2) is 10.3 Å². The fourth-order valence-corrected chi connectivity index (χ4v) is 3.10. The number of hydrogen-bond donors (Lipinski definition) is 5. The number of nitrogens with one attached hydrogen (secondary N) is 1. The van der Waals surface area contributed by atoms with Gasteiger partial charge in [0.1, 0.15) is 30.7 Å². The second-order valence-corrected chi connectivity index (χ2v) is 7.07. The van der Waals surface area contributed by atoms with E-state index in [4.69, 9.17) is 20.4 Å². The van der Waals surface area contributed by atoms with E-state index in [0.717, 1.165) is 23.8 Å². The van der Waals surface area contributed by atoms with Gasteiger partial charge in [0.05, 0.1) is 0 Å². The second kappa shape index (κ2) is 11.6. The summed E-state index contributed by atoms with van der Waals surface area (Å²) in [5.74, 6) is -0.861. The molecule has 1 aliphatic heterocycles. The number of hydroxylamine groups is 1. The first-order valence-corrected chi connectivity index (χ1v) is 9.78. The summed E-state index contributed by atoms with van der Waals surface area (Å²) in [6.45, 7) is -0.263. The molecule has 1 amide bonds. The zero-order valence-electron chi connectivity index (χ0n) is 16.5. The van der Waals surface area contributed by atoms with E-state index in [1.807, 2.05) is 0 Å². The highest BCUT2D eigenvalue weighted by Crippen LogP contribution is 2.28. The third-order valence-electron chi connectivity index (χ3n) is 4.78. The Bertz CT molecular complexity index is 771. The molecule has 12 heteroatoms. The van der Waals surface area contributed by atoms with Crippen molar-refractivity contribution in [2.75, 3.05) is 12.3 Å². The standard InChI is InChI=1S/C18H28N4O8/c19-12-8-9-22(18(27)20-12)17-16(26)15(25)11(30-17)10-29-14(24)7-5-3-1-2-4-6-13(23)21-28/h8-9,11,15-17,25-26,28H,1-7,10H2,(H,21,23)(H2,19,20,27)/t11-,15-,16+,17-/m1/s1. The van der Waals surface area contributed by atoms with Crippen molar-refractivity contribution in [2.45, 2.75) is 69.5 Å². The molecule has 2 rings (SSSR count). The Balaban J connectivity index is 1.68. The summed E-state index contributed by atoms with van der Waals surface area (Å²) in [5, 5.41) is 28.7. The number of nitrogen functional groups attached to an aromatic ring is 1. The number of nitrogens with two attached hydrogens (primary N) is 1. The van der Waals surface area contributed by atoms with Crippen LogP contribution in [0.4, 0.5) is 5.82 Å². The van der Waals surface area contributed by atoms with E-state index in [-0.39, 0.29) is 25.3 Å². The molecule has 1 aliphatic rings. The predicted molar refractivity (Wildman–Crippen MR) is 102 cm³/mol. The predicted octanol–water partition coefficient (Wildman–Crippen LogP) is -0.776. The normalized spacial score (nSPS) is 23.3. The van der Waals surface area contributed by atoms with E-state index in [9.17, 15) is 24.6 Å². The van der Waals surface area contributed by atoms with Crippen LogP contribution in [0.2, 0.25) is 0 Å². The Labute approximate surface area is 172 Å². The molecule has 1 saturated heterocycles. The molecule has 0 aromatic carbocycles. The minimum absolute atomic E-state index is 0.0189. The lowest BCUT2D eigenvalue weighted by Gasteiger charge is -2.16. The molecule has 0 unspecified atom stereocenters. The maximum atomic E-state index is 11.9. The van der Waals surface area contributed by atoms with E-state index in [2.05, 4.69) is 4.98 Å². The highest BCUT2D eigenvalue weighted by atomic mass is 16.6. The molecule has 30 heavy (non-hydrogen) atoms. The summed E-state index contributed by atoms with van der Waals surface area (Å²) >= 11 is 0. The first-order valence-electron chi connectivity index (χ1n) is 9.78. The number of unbranched alkanes of at least 4 members (excludes halogenated alkanes) is 4. The van der Waals surface area contributed by atoms with Crippen LogP contribution in [0.5, 0.6) is 0 Å². The summed E-state index contributed by atoms with van der Waals surface area (Å²) in [6.07, 6.45) is 0.545. The number of ether oxygens (including phenoxy) is 2. The van der Waals surface area contributed by atoms with Crippen LogP contribution in [-0.4, -0.2) is 61.8 Å². The molecule has 0 aliphatic carbocycles. The molecule has 4 atom stereocenters. The smallest absolute Gasteiger partial charge is 0.351 e. The number of hydrogen-bond acceptors (Lipinski definition) is 10. The van der Waals surface area contributed by atoms with Gasteiger partial charge in [0.25, 0.3) is 0 Å². The number of aliphatic hydroxyl groups is 2. The number of anilines is 1. The first kappa shape index (κ1) is 23.7. The summed E-state index contributed by atoms with van der Waals surface area (Å²) in [7, 11) is 0. The molecule has 2 heterocycles. The number of aliphatic hydroxyl groups excluding tert-OH is 2. The van der Waals surface area contributed by atoms with Gasteiger partial charge in [-0.15, -0.1) is 0 Å². The Morgan fingerprint density at radius 2 is 1.83 bits per heavy atom.